The van der Waals surface area contributed by atoms with Crippen molar-refractivity contribution in [1.82, 2.24) is 15.1 Å². The van der Waals surface area contributed by atoms with Gasteiger partial charge in [-0.1, -0.05) is 11.8 Å². The van der Waals surface area contributed by atoms with E-state index in [0.29, 0.717) is 13.1 Å². The van der Waals surface area contributed by atoms with E-state index in [2.05, 4.69) is 22.3 Å². The summed E-state index contributed by atoms with van der Waals surface area (Å²) in [5.41, 5.74) is 0.375. The van der Waals surface area contributed by atoms with Crippen molar-refractivity contribution >= 4 is 5.91 Å². The lowest BCUT2D eigenvalue weighted by Crippen LogP contribution is -2.27. The van der Waals surface area contributed by atoms with Gasteiger partial charge in [0.2, 0.25) is 0 Å². The predicted molar refractivity (Wildman–Crippen MR) is 74.9 cm³/mol. The average Bonchev–Trinajstić information content (AvgIpc) is 2.99. The third-order valence-electron chi connectivity index (χ3n) is 2.72. The van der Waals surface area contributed by atoms with Crippen LogP contribution in [0.25, 0.3) is 0 Å². The van der Waals surface area contributed by atoms with Crippen LogP contribution in [0.5, 0.6) is 0 Å². The predicted octanol–water partition coefficient (Wildman–Crippen LogP) is 0.796. The lowest BCUT2D eigenvalue weighted by Gasteiger charge is -2.06. The molecule has 0 unspecified atom stereocenters. The Bertz CT molecular complexity index is 672. The molecule has 0 saturated carbocycles. The zero-order valence-corrected chi connectivity index (χ0v) is 11.2. The van der Waals surface area contributed by atoms with Gasteiger partial charge in [0.1, 0.15) is 12.4 Å². The Morgan fingerprint density at radius 3 is 3.00 bits per heavy atom. The Kier molecular flexibility index (Phi) is 5.07. The van der Waals surface area contributed by atoms with Gasteiger partial charge in [0.15, 0.2) is 0 Å². The quantitative estimate of drug-likeness (QED) is 0.817. The van der Waals surface area contributed by atoms with Crippen LogP contribution in [-0.4, -0.2) is 33.9 Å². The highest BCUT2D eigenvalue weighted by Gasteiger charge is 2.08. The minimum atomic E-state index is -0.587. The lowest BCUT2D eigenvalue weighted by atomic mass is 10.1. The van der Waals surface area contributed by atoms with Crippen LogP contribution in [0.1, 0.15) is 15.9 Å². The average molecular weight is 287 g/mol. The minimum Gasteiger partial charge on any atom is -0.384 e. The summed E-state index contributed by atoms with van der Waals surface area (Å²) in [6.07, 6.45) is 3.45. The molecular formula is C15H14FN3O2. The molecule has 1 aromatic carbocycles. The standard InChI is InChI=1S/C15H14FN3O2/c16-14-11-13(5-4-12(14)3-1-10-20)15(21)17-7-9-19-8-2-6-18-19/h2,4-6,8,11,20H,7,9-10H2,(H,17,21). The number of aromatic nitrogens is 2. The van der Waals surface area contributed by atoms with E-state index in [1.165, 1.54) is 12.1 Å². The van der Waals surface area contributed by atoms with Gasteiger partial charge in [-0.15, -0.1) is 0 Å². The molecule has 0 aliphatic heterocycles. The number of carbonyl (C=O) groups excluding carboxylic acids is 1. The minimum absolute atomic E-state index is 0.150. The summed E-state index contributed by atoms with van der Waals surface area (Å²) < 4.78 is 15.4. The van der Waals surface area contributed by atoms with E-state index in [1.54, 1.807) is 23.1 Å². The molecule has 6 heteroatoms. The fourth-order valence-electron chi connectivity index (χ4n) is 1.71. The largest absolute Gasteiger partial charge is 0.384 e. The second-order valence-electron chi connectivity index (χ2n) is 4.18. The molecule has 0 aliphatic rings. The molecule has 5 nitrogen and oxygen atoms in total. The summed E-state index contributed by atoms with van der Waals surface area (Å²) in [6.45, 7) is 0.602. The third-order valence-corrected chi connectivity index (χ3v) is 2.72. The molecule has 2 rings (SSSR count). The highest BCUT2D eigenvalue weighted by atomic mass is 19.1. The van der Waals surface area contributed by atoms with Crippen molar-refractivity contribution in [3.8, 4) is 11.8 Å². The second-order valence-corrected chi connectivity index (χ2v) is 4.18. The summed E-state index contributed by atoms with van der Waals surface area (Å²) in [5, 5.41) is 15.3. The second kappa shape index (κ2) is 7.22. The van der Waals surface area contributed by atoms with Crippen molar-refractivity contribution < 1.29 is 14.3 Å². The zero-order chi connectivity index (χ0) is 15.1. The SMILES string of the molecule is O=C(NCCn1cccn1)c1ccc(C#CCO)c(F)c1. The lowest BCUT2D eigenvalue weighted by molar-refractivity contribution is 0.0951. The molecule has 0 atom stereocenters. The third kappa shape index (κ3) is 4.16. The first-order chi connectivity index (χ1) is 10.2. The van der Waals surface area contributed by atoms with Gasteiger partial charge in [-0.05, 0) is 24.3 Å². The maximum absolute atomic E-state index is 13.7. The van der Waals surface area contributed by atoms with E-state index in [0.717, 1.165) is 6.07 Å². The van der Waals surface area contributed by atoms with E-state index >= 15 is 0 Å². The first kappa shape index (κ1) is 14.8. The molecule has 0 fully saturated rings. The monoisotopic (exact) mass is 287 g/mol. The molecule has 0 bridgehead atoms. The van der Waals surface area contributed by atoms with Gasteiger partial charge in [0, 0.05) is 24.5 Å². The van der Waals surface area contributed by atoms with E-state index in [4.69, 9.17) is 5.11 Å². The summed E-state index contributed by atoms with van der Waals surface area (Å²) in [7, 11) is 0. The van der Waals surface area contributed by atoms with Crippen LogP contribution in [0.3, 0.4) is 0 Å². The van der Waals surface area contributed by atoms with Gasteiger partial charge in [-0.2, -0.15) is 5.10 Å². The number of halogens is 1. The molecular weight excluding hydrogens is 273 g/mol. The smallest absolute Gasteiger partial charge is 0.251 e. The van der Waals surface area contributed by atoms with Crippen molar-refractivity contribution in [2.45, 2.75) is 6.54 Å². The van der Waals surface area contributed by atoms with Crippen LogP contribution >= 0.6 is 0 Å². The Morgan fingerprint density at radius 1 is 1.48 bits per heavy atom. The number of nitrogens with one attached hydrogen (secondary N) is 1. The van der Waals surface area contributed by atoms with Gasteiger partial charge in [0.25, 0.3) is 5.91 Å². The van der Waals surface area contributed by atoms with Crippen molar-refractivity contribution in [3.63, 3.8) is 0 Å². The highest BCUT2D eigenvalue weighted by Crippen LogP contribution is 2.09. The van der Waals surface area contributed by atoms with Crippen molar-refractivity contribution in [2.24, 2.45) is 0 Å². The van der Waals surface area contributed by atoms with Crippen LogP contribution in [0.15, 0.2) is 36.7 Å². The molecule has 1 heterocycles. The van der Waals surface area contributed by atoms with Gasteiger partial charge in [-0.25, -0.2) is 4.39 Å². The fourth-order valence-corrected chi connectivity index (χ4v) is 1.71. The van der Waals surface area contributed by atoms with Gasteiger partial charge >= 0.3 is 0 Å². The number of nitrogens with zero attached hydrogens (tertiary/aromatic N) is 2. The molecule has 0 radical (unpaired) electrons. The first-order valence-electron chi connectivity index (χ1n) is 6.35. The van der Waals surface area contributed by atoms with E-state index in [-0.39, 0.29) is 23.6 Å². The molecule has 1 amide bonds. The van der Waals surface area contributed by atoms with Crippen molar-refractivity contribution in [3.05, 3.63) is 53.6 Å². The van der Waals surface area contributed by atoms with Gasteiger partial charge in [0.05, 0.1) is 12.1 Å². The van der Waals surface area contributed by atoms with Crippen LogP contribution in [0.4, 0.5) is 4.39 Å². The molecule has 0 saturated heterocycles. The number of hydrogen-bond donors (Lipinski definition) is 2. The number of rotatable bonds is 4. The summed E-state index contributed by atoms with van der Waals surface area (Å²) in [5.74, 6) is 3.89. The van der Waals surface area contributed by atoms with Gasteiger partial charge < -0.3 is 10.4 Å². The van der Waals surface area contributed by atoms with Crippen LogP contribution in [0, 0.1) is 17.7 Å². The number of carbonyl (C=O) groups is 1. The number of hydrogen-bond acceptors (Lipinski definition) is 3. The Hall–Kier alpha value is -2.65. The number of amides is 1. The molecule has 108 valence electrons. The van der Waals surface area contributed by atoms with Crippen LogP contribution in [0.2, 0.25) is 0 Å². The number of aliphatic hydroxyl groups excluding tert-OH is 1. The number of benzene rings is 1. The molecule has 21 heavy (non-hydrogen) atoms. The van der Waals surface area contributed by atoms with E-state index in [1.807, 2.05) is 0 Å². The Morgan fingerprint density at radius 2 is 2.33 bits per heavy atom. The van der Waals surface area contributed by atoms with E-state index < -0.39 is 5.82 Å². The fraction of sp³-hybridized carbons (Fsp3) is 0.200. The number of aliphatic hydroxyl groups is 1. The normalized spacial score (nSPS) is 9.81. The molecule has 0 aliphatic carbocycles. The van der Waals surface area contributed by atoms with Crippen LogP contribution in [-0.2, 0) is 6.54 Å². The highest BCUT2D eigenvalue weighted by molar-refractivity contribution is 5.94. The molecule has 2 aromatic rings. The van der Waals surface area contributed by atoms with Crippen molar-refractivity contribution in [1.29, 1.82) is 0 Å². The van der Waals surface area contributed by atoms with Gasteiger partial charge in [-0.3, -0.25) is 9.48 Å². The first-order valence-corrected chi connectivity index (χ1v) is 6.35. The molecule has 1 aromatic heterocycles. The molecule has 2 N–H and O–H groups in total. The Labute approximate surface area is 121 Å². The molecule has 0 spiro atoms. The van der Waals surface area contributed by atoms with Crippen LogP contribution < -0.4 is 5.32 Å². The van der Waals surface area contributed by atoms with E-state index in [9.17, 15) is 9.18 Å². The summed E-state index contributed by atoms with van der Waals surface area (Å²) in [6, 6.07) is 5.84. The maximum Gasteiger partial charge on any atom is 0.251 e. The zero-order valence-electron chi connectivity index (χ0n) is 11.2. The van der Waals surface area contributed by atoms with Crippen molar-refractivity contribution in [2.75, 3.05) is 13.2 Å². The summed E-state index contributed by atoms with van der Waals surface area (Å²) >= 11 is 0. The topological polar surface area (TPSA) is 67.2 Å². The summed E-state index contributed by atoms with van der Waals surface area (Å²) in [4.78, 5) is 11.9. The Balaban J connectivity index is 1.94. The maximum atomic E-state index is 13.7.